The van der Waals surface area contributed by atoms with Crippen molar-refractivity contribution >= 4 is 11.8 Å². The van der Waals surface area contributed by atoms with E-state index >= 15 is 0 Å². The Morgan fingerprint density at radius 2 is 1.78 bits per heavy atom. The number of amides is 2. The summed E-state index contributed by atoms with van der Waals surface area (Å²) in [5.74, 6) is 1.67. The van der Waals surface area contributed by atoms with E-state index in [2.05, 4.69) is 21.3 Å². The second kappa shape index (κ2) is 9.99. The number of carbonyl (C=O) groups is 2. The lowest BCUT2D eigenvalue weighted by molar-refractivity contribution is -0.124. The van der Waals surface area contributed by atoms with Crippen LogP contribution in [-0.4, -0.2) is 64.4 Å². The number of hydrogen-bond donors (Lipinski definition) is 1. The van der Waals surface area contributed by atoms with Crippen molar-refractivity contribution in [2.24, 2.45) is 0 Å². The largest absolute Gasteiger partial charge is 0.457 e. The summed E-state index contributed by atoms with van der Waals surface area (Å²) >= 11 is 0. The van der Waals surface area contributed by atoms with E-state index in [0.717, 1.165) is 35.5 Å². The van der Waals surface area contributed by atoms with Crippen LogP contribution in [0.4, 0.5) is 0 Å². The third-order valence-electron chi connectivity index (χ3n) is 7.14. The molecule has 0 unspecified atom stereocenters. The topological polar surface area (TPSA) is 97.1 Å². The summed E-state index contributed by atoms with van der Waals surface area (Å²) in [6, 6.07) is 15.9. The molecule has 4 bridgehead atoms. The van der Waals surface area contributed by atoms with Crippen molar-refractivity contribution in [2.45, 2.75) is 51.1 Å². The lowest BCUT2D eigenvalue weighted by Crippen LogP contribution is -2.48. The van der Waals surface area contributed by atoms with Crippen LogP contribution in [0, 0.1) is 6.92 Å². The number of ether oxygens (including phenoxy) is 2. The number of rotatable bonds is 2. The molecule has 1 saturated heterocycles. The fourth-order valence-electron chi connectivity index (χ4n) is 5.08. The smallest absolute Gasteiger partial charge is 0.276 e. The Labute approximate surface area is 215 Å². The molecule has 1 aliphatic carbocycles. The number of fused-ring (bicyclic) bond motifs is 5. The predicted octanol–water partition coefficient (Wildman–Crippen LogP) is 3.28. The first-order chi connectivity index (χ1) is 18.0. The van der Waals surface area contributed by atoms with Gasteiger partial charge >= 0.3 is 0 Å². The molecule has 3 heterocycles. The first-order valence-corrected chi connectivity index (χ1v) is 12.7. The molecule has 192 valence electrons. The number of benzene rings is 2. The van der Waals surface area contributed by atoms with Crippen LogP contribution >= 0.6 is 0 Å². The van der Waals surface area contributed by atoms with Gasteiger partial charge in [0.1, 0.15) is 17.3 Å². The molecule has 1 N–H and O–H groups in total. The van der Waals surface area contributed by atoms with Crippen molar-refractivity contribution < 1.29 is 23.5 Å². The highest BCUT2D eigenvalue weighted by molar-refractivity contribution is 5.93. The van der Waals surface area contributed by atoms with E-state index in [4.69, 9.17) is 13.9 Å². The van der Waals surface area contributed by atoms with E-state index in [-0.39, 0.29) is 36.2 Å². The molecule has 1 saturated carbocycles. The van der Waals surface area contributed by atoms with Gasteiger partial charge in [0.05, 0.1) is 25.3 Å². The Hall–Kier alpha value is -3.69. The molecular weight excluding hydrogens is 472 g/mol. The molecule has 3 aliphatic rings. The number of likely N-dealkylation sites (tertiary alicyclic amines) is 1. The summed E-state index contributed by atoms with van der Waals surface area (Å²) in [4.78, 5) is 34.3. The van der Waals surface area contributed by atoms with Gasteiger partial charge in [-0.3, -0.25) is 14.5 Å². The standard InChI is InChI=1S/C28H30N4O5/c1-18-27(29-17-36-18)28(34)32-13-24-25(14-32)35-16-20-5-3-7-23(11-20)37-22-6-2-4-19(10-22)12-31(21-8-9-21)15-26(33)30-24/h2-7,10-11,17,21,24-25H,8-9,12-16H2,1H3,(H,30,33)/t24-,25-/m0/s1. The third kappa shape index (κ3) is 5.38. The van der Waals surface area contributed by atoms with E-state index in [1.807, 2.05) is 42.5 Å². The van der Waals surface area contributed by atoms with E-state index in [1.165, 1.54) is 6.39 Å². The van der Waals surface area contributed by atoms with E-state index in [1.54, 1.807) is 11.8 Å². The van der Waals surface area contributed by atoms with Gasteiger partial charge in [-0.05, 0) is 55.2 Å². The lowest BCUT2D eigenvalue weighted by Gasteiger charge is -2.25. The molecule has 2 fully saturated rings. The zero-order valence-electron chi connectivity index (χ0n) is 20.8. The molecule has 1 aromatic heterocycles. The predicted molar refractivity (Wildman–Crippen MR) is 134 cm³/mol. The number of aromatic nitrogens is 1. The van der Waals surface area contributed by atoms with Crippen molar-refractivity contribution in [3.05, 3.63) is 77.5 Å². The molecule has 0 radical (unpaired) electrons. The number of aryl methyl sites for hydroxylation is 1. The first-order valence-electron chi connectivity index (χ1n) is 12.7. The van der Waals surface area contributed by atoms with Gasteiger partial charge in [0, 0.05) is 25.7 Å². The molecule has 3 aromatic rings. The van der Waals surface area contributed by atoms with Crippen molar-refractivity contribution in [1.82, 2.24) is 20.1 Å². The summed E-state index contributed by atoms with van der Waals surface area (Å²) in [5, 5.41) is 3.16. The Bertz CT molecular complexity index is 1300. The first kappa shape index (κ1) is 23.7. The third-order valence-corrected chi connectivity index (χ3v) is 7.14. The average Bonchev–Trinajstić information content (AvgIpc) is 3.53. The maximum atomic E-state index is 13.2. The normalized spacial score (nSPS) is 22.7. The Kier molecular flexibility index (Phi) is 6.40. The van der Waals surface area contributed by atoms with Crippen LogP contribution in [0.3, 0.4) is 0 Å². The maximum absolute atomic E-state index is 13.2. The molecule has 2 amide bonds. The molecule has 6 rings (SSSR count). The van der Waals surface area contributed by atoms with Crippen molar-refractivity contribution in [3.8, 4) is 11.5 Å². The van der Waals surface area contributed by atoms with Crippen LogP contribution in [0.2, 0.25) is 0 Å². The summed E-state index contributed by atoms with van der Waals surface area (Å²) in [6.07, 6.45) is 3.09. The number of hydrogen-bond acceptors (Lipinski definition) is 7. The Balaban J connectivity index is 1.27. The summed E-state index contributed by atoms with van der Waals surface area (Å²) in [7, 11) is 0. The van der Waals surface area contributed by atoms with E-state index < -0.39 is 0 Å². The number of carbonyl (C=O) groups excluding carboxylic acids is 2. The van der Waals surface area contributed by atoms with Crippen LogP contribution < -0.4 is 10.1 Å². The Morgan fingerprint density at radius 1 is 1.03 bits per heavy atom. The number of oxazole rings is 1. The van der Waals surface area contributed by atoms with Crippen molar-refractivity contribution in [3.63, 3.8) is 0 Å². The van der Waals surface area contributed by atoms with Gasteiger partial charge in [0.15, 0.2) is 12.1 Å². The van der Waals surface area contributed by atoms with Gasteiger partial charge in [-0.25, -0.2) is 4.98 Å². The van der Waals surface area contributed by atoms with Gasteiger partial charge < -0.3 is 24.1 Å². The minimum absolute atomic E-state index is 0.0705. The summed E-state index contributed by atoms with van der Waals surface area (Å²) in [5.41, 5.74) is 2.33. The molecule has 9 nitrogen and oxygen atoms in total. The Morgan fingerprint density at radius 3 is 2.51 bits per heavy atom. The highest BCUT2D eigenvalue weighted by Gasteiger charge is 2.39. The zero-order valence-corrected chi connectivity index (χ0v) is 20.8. The molecule has 2 atom stereocenters. The molecular formula is C28H30N4O5. The number of nitrogens with zero attached hydrogens (tertiary/aromatic N) is 3. The SMILES string of the molecule is Cc1ocnc1C(=O)N1C[C@@H]2NC(=O)CN(C3CC3)Cc3cccc(c3)Oc3cccc(c3)CO[C@H]2C1. The molecule has 2 aliphatic heterocycles. The lowest BCUT2D eigenvalue weighted by atomic mass is 10.1. The monoisotopic (exact) mass is 502 g/mol. The molecule has 2 aromatic carbocycles. The maximum Gasteiger partial charge on any atom is 0.276 e. The van der Waals surface area contributed by atoms with Gasteiger partial charge in [0.2, 0.25) is 5.91 Å². The van der Waals surface area contributed by atoms with Crippen molar-refractivity contribution in [1.29, 1.82) is 0 Å². The molecule has 9 heteroatoms. The minimum atomic E-state index is -0.361. The highest BCUT2D eigenvalue weighted by Crippen LogP contribution is 2.30. The van der Waals surface area contributed by atoms with Gasteiger partial charge in [-0.2, -0.15) is 0 Å². The zero-order chi connectivity index (χ0) is 25.4. The van der Waals surface area contributed by atoms with Crippen molar-refractivity contribution in [2.75, 3.05) is 19.6 Å². The van der Waals surface area contributed by atoms with E-state index in [0.29, 0.717) is 38.0 Å². The molecule has 37 heavy (non-hydrogen) atoms. The van der Waals surface area contributed by atoms with Gasteiger partial charge in [0.25, 0.3) is 5.91 Å². The van der Waals surface area contributed by atoms with Crippen LogP contribution in [-0.2, 0) is 22.7 Å². The van der Waals surface area contributed by atoms with Crippen LogP contribution in [0.5, 0.6) is 11.5 Å². The fraction of sp³-hybridized carbons (Fsp3) is 0.393. The van der Waals surface area contributed by atoms with Crippen LogP contribution in [0.25, 0.3) is 0 Å². The van der Waals surface area contributed by atoms with Crippen LogP contribution in [0.15, 0.2) is 59.3 Å². The van der Waals surface area contributed by atoms with Gasteiger partial charge in [-0.1, -0.05) is 24.3 Å². The van der Waals surface area contributed by atoms with E-state index in [9.17, 15) is 9.59 Å². The molecule has 0 spiro atoms. The fourth-order valence-corrected chi connectivity index (χ4v) is 5.08. The van der Waals surface area contributed by atoms with Gasteiger partial charge in [-0.15, -0.1) is 0 Å². The van der Waals surface area contributed by atoms with Crippen LogP contribution in [0.1, 0.15) is 40.2 Å². The minimum Gasteiger partial charge on any atom is -0.457 e. The summed E-state index contributed by atoms with van der Waals surface area (Å²) < 4.78 is 17.7. The number of nitrogens with one attached hydrogen (secondary N) is 1. The average molecular weight is 503 g/mol. The second-order valence-corrected chi connectivity index (χ2v) is 10.0. The highest BCUT2D eigenvalue weighted by atomic mass is 16.5. The summed E-state index contributed by atoms with van der Waals surface area (Å²) in [6.45, 7) is 3.68. The second-order valence-electron chi connectivity index (χ2n) is 10.0. The quantitative estimate of drug-likeness (QED) is 0.574.